The van der Waals surface area contributed by atoms with Gasteiger partial charge in [-0.1, -0.05) is 6.07 Å². The number of nitrogens with one attached hydrogen (secondary N) is 4. The van der Waals surface area contributed by atoms with Gasteiger partial charge in [0, 0.05) is 18.9 Å². The number of ether oxygens (including phenoxy) is 1. The van der Waals surface area contributed by atoms with E-state index >= 15 is 0 Å². The lowest BCUT2D eigenvalue weighted by Crippen LogP contribution is -2.42. The van der Waals surface area contributed by atoms with Crippen LogP contribution in [0.1, 0.15) is 32.0 Å². The van der Waals surface area contributed by atoms with Crippen LogP contribution in [0.25, 0.3) is 0 Å². The summed E-state index contributed by atoms with van der Waals surface area (Å²) >= 11 is 4.90. The highest BCUT2D eigenvalue weighted by Gasteiger charge is 2.25. The Morgan fingerprint density at radius 2 is 2.00 bits per heavy atom. The number of hydrogen-bond donors (Lipinski definition) is 4. The van der Waals surface area contributed by atoms with Gasteiger partial charge in [-0.3, -0.25) is 9.52 Å². The van der Waals surface area contributed by atoms with E-state index in [1.54, 1.807) is 25.3 Å². The highest BCUT2D eigenvalue weighted by atomic mass is 32.2. The van der Waals surface area contributed by atoms with Gasteiger partial charge < -0.3 is 20.4 Å². The van der Waals surface area contributed by atoms with Crippen molar-refractivity contribution in [3.8, 4) is 5.75 Å². The summed E-state index contributed by atoms with van der Waals surface area (Å²) in [6.45, 7) is 5.82. The molecule has 2 aromatic rings. The maximum atomic E-state index is 12.7. The second kappa shape index (κ2) is 9.27. The quantitative estimate of drug-likeness (QED) is 0.468. The first-order valence-electron chi connectivity index (χ1n) is 9.04. The van der Waals surface area contributed by atoms with Gasteiger partial charge in [0.25, 0.3) is 10.0 Å². The Labute approximate surface area is 176 Å². The molecule has 0 fully saturated rings. The van der Waals surface area contributed by atoms with Gasteiger partial charge in [0.2, 0.25) is 5.91 Å². The minimum atomic E-state index is -3.97. The van der Waals surface area contributed by atoms with E-state index in [0.717, 1.165) is 5.69 Å². The number of hydrogen-bond acceptors (Lipinski definition) is 5. The monoisotopic (exact) mass is 438 g/mol. The fourth-order valence-corrected chi connectivity index (χ4v) is 4.22. The molecule has 0 spiro atoms. The number of carbonyl (C=O) groups is 1. The van der Waals surface area contributed by atoms with E-state index in [9.17, 15) is 13.2 Å². The normalized spacial score (nSPS) is 11.6. The highest BCUT2D eigenvalue weighted by Crippen LogP contribution is 2.26. The zero-order valence-electron chi connectivity index (χ0n) is 16.8. The van der Waals surface area contributed by atoms with E-state index < -0.39 is 15.6 Å². The number of aromatic amines is 1. The van der Waals surface area contributed by atoms with Crippen LogP contribution in [0.4, 0.5) is 0 Å². The van der Waals surface area contributed by atoms with Gasteiger partial charge in [0.15, 0.2) is 5.11 Å². The van der Waals surface area contributed by atoms with Crippen LogP contribution >= 0.6 is 12.2 Å². The van der Waals surface area contributed by atoms with Crippen molar-refractivity contribution in [2.45, 2.75) is 37.6 Å². The van der Waals surface area contributed by atoms with Crippen LogP contribution in [0.2, 0.25) is 0 Å². The number of amides is 1. The zero-order chi connectivity index (χ0) is 21.7. The molecular formula is C19H26N4O4S2. The van der Waals surface area contributed by atoms with Crippen LogP contribution in [0.15, 0.2) is 41.4 Å². The molecule has 0 unspecified atom stereocenters. The van der Waals surface area contributed by atoms with Gasteiger partial charge in [0.05, 0.1) is 18.6 Å². The first-order valence-corrected chi connectivity index (χ1v) is 10.9. The molecule has 1 heterocycles. The van der Waals surface area contributed by atoms with Gasteiger partial charge in [0.1, 0.15) is 10.6 Å². The Balaban J connectivity index is 2.25. The largest absolute Gasteiger partial charge is 0.492 e. The summed E-state index contributed by atoms with van der Waals surface area (Å²) in [5, 5.41) is 5.47. The number of aromatic nitrogens is 1. The third kappa shape index (κ3) is 5.94. The Hall–Kier alpha value is -2.59. The van der Waals surface area contributed by atoms with E-state index in [2.05, 4.69) is 20.3 Å². The van der Waals surface area contributed by atoms with Gasteiger partial charge in [-0.25, -0.2) is 8.42 Å². The Kier molecular flexibility index (Phi) is 7.26. The molecule has 0 radical (unpaired) electrons. The van der Waals surface area contributed by atoms with Crippen molar-refractivity contribution in [2.24, 2.45) is 0 Å². The summed E-state index contributed by atoms with van der Waals surface area (Å²) in [6, 6.07) is 8.38. The zero-order valence-corrected chi connectivity index (χ0v) is 18.5. The third-order valence-corrected chi connectivity index (χ3v) is 5.95. The lowest BCUT2D eigenvalue weighted by Gasteiger charge is -2.25. The number of carbonyl (C=O) groups excluding carboxylic acids is 1. The summed E-state index contributed by atoms with van der Waals surface area (Å²) in [6.07, 6.45) is 1.80. The number of H-pyrrole nitrogens is 1. The average Bonchev–Trinajstić information content (AvgIpc) is 3.18. The second-order valence-electron chi connectivity index (χ2n) is 6.83. The SMILES string of the molecule is CCOc1ccc(CC(=O)NC(C)(C)c2ccc[nH]2)cc1S(=O)(=O)NC(=S)NC. The predicted molar refractivity (Wildman–Crippen MR) is 115 cm³/mol. The second-order valence-corrected chi connectivity index (χ2v) is 8.89. The molecule has 0 saturated carbocycles. The number of sulfonamides is 1. The van der Waals surface area contributed by atoms with E-state index in [1.807, 2.05) is 26.0 Å². The van der Waals surface area contributed by atoms with Crippen molar-refractivity contribution < 1.29 is 17.9 Å². The van der Waals surface area contributed by atoms with Gasteiger partial charge in [-0.15, -0.1) is 0 Å². The first kappa shape index (κ1) is 22.7. The molecule has 8 nitrogen and oxygen atoms in total. The molecule has 10 heteroatoms. The molecule has 4 N–H and O–H groups in total. The van der Waals surface area contributed by atoms with Crippen molar-refractivity contribution in [2.75, 3.05) is 13.7 Å². The van der Waals surface area contributed by atoms with Gasteiger partial charge >= 0.3 is 0 Å². The molecule has 0 aliphatic carbocycles. The molecule has 1 aromatic heterocycles. The number of benzene rings is 1. The van der Waals surface area contributed by atoms with E-state index in [-0.39, 0.29) is 28.1 Å². The fraction of sp³-hybridized carbons (Fsp3) is 0.368. The Morgan fingerprint density at radius 1 is 1.28 bits per heavy atom. The third-order valence-electron chi connectivity index (χ3n) is 4.14. The molecule has 0 aliphatic heterocycles. The standard InChI is InChI=1S/C19H26N4O4S2/c1-5-27-14-9-8-13(11-15(14)29(25,26)23-18(28)20-4)12-17(24)22-19(2,3)16-7-6-10-21-16/h6-11,21H,5,12H2,1-4H3,(H,22,24)(H2,20,23,28). The van der Waals surface area contributed by atoms with Crippen molar-refractivity contribution in [1.29, 1.82) is 0 Å². The smallest absolute Gasteiger partial charge is 0.267 e. The average molecular weight is 439 g/mol. The van der Waals surface area contributed by atoms with Crippen LogP contribution in [-0.4, -0.2) is 38.1 Å². The van der Waals surface area contributed by atoms with Crippen molar-refractivity contribution in [3.63, 3.8) is 0 Å². The number of thiocarbonyl (C=S) groups is 1. The molecule has 1 amide bonds. The maximum absolute atomic E-state index is 12.7. The summed E-state index contributed by atoms with van der Waals surface area (Å²) in [5.41, 5.74) is 0.802. The van der Waals surface area contributed by atoms with Crippen LogP contribution < -0.4 is 20.1 Å². The summed E-state index contributed by atoms with van der Waals surface area (Å²) < 4.78 is 33.1. The van der Waals surface area contributed by atoms with Crippen LogP contribution in [-0.2, 0) is 26.8 Å². The van der Waals surface area contributed by atoms with Crippen LogP contribution in [0.3, 0.4) is 0 Å². The Morgan fingerprint density at radius 3 is 2.59 bits per heavy atom. The van der Waals surface area contributed by atoms with Gasteiger partial charge in [-0.2, -0.15) is 0 Å². The molecule has 1 aromatic carbocycles. The molecule has 0 bridgehead atoms. The molecule has 0 aliphatic rings. The first-order chi connectivity index (χ1) is 13.6. The minimum Gasteiger partial charge on any atom is -0.492 e. The number of rotatable bonds is 8. The molecular weight excluding hydrogens is 412 g/mol. The minimum absolute atomic E-state index is 0.00946. The Bertz CT molecular complexity index is 970. The molecule has 29 heavy (non-hydrogen) atoms. The van der Waals surface area contributed by atoms with Crippen LogP contribution in [0, 0.1) is 0 Å². The molecule has 2 rings (SSSR count). The predicted octanol–water partition coefficient (Wildman–Crippen LogP) is 1.79. The summed E-state index contributed by atoms with van der Waals surface area (Å²) in [5.74, 6) is -0.0504. The fourth-order valence-electron chi connectivity index (χ4n) is 2.74. The van der Waals surface area contributed by atoms with Crippen molar-refractivity contribution in [3.05, 3.63) is 47.8 Å². The highest BCUT2D eigenvalue weighted by molar-refractivity contribution is 7.92. The van der Waals surface area contributed by atoms with Crippen LogP contribution in [0.5, 0.6) is 5.75 Å². The maximum Gasteiger partial charge on any atom is 0.267 e. The summed E-state index contributed by atoms with van der Waals surface area (Å²) in [7, 11) is -2.45. The van der Waals surface area contributed by atoms with Crippen molar-refractivity contribution >= 4 is 33.3 Å². The van der Waals surface area contributed by atoms with E-state index in [0.29, 0.717) is 12.2 Å². The lowest BCUT2D eigenvalue weighted by molar-refractivity contribution is -0.122. The topological polar surface area (TPSA) is 112 Å². The van der Waals surface area contributed by atoms with Crippen molar-refractivity contribution in [1.82, 2.24) is 20.3 Å². The van der Waals surface area contributed by atoms with Gasteiger partial charge in [-0.05, 0) is 62.8 Å². The van der Waals surface area contributed by atoms with E-state index in [4.69, 9.17) is 17.0 Å². The molecule has 158 valence electrons. The van der Waals surface area contributed by atoms with E-state index in [1.165, 1.54) is 13.1 Å². The summed E-state index contributed by atoms with van der Waals surface area (Å²) in [4.78, 5) is 15.6. The lowest BCUT2D eigenvalue weighted by atomic mass is 10.00. The molecule has 0 saturated heterocycles. The molecule has 0 atom stereocenters.